The monoisotopic (exact) mass is 391 g/mol. The van der Waals surface area contributed by atoms with Gasteiger partial charge in [-0.1, -0.05) is 0 Å². The molecule has 104 valence electrons. The van der Waals surface area contributed by atoms with Gasteiger partial charge in [-0.15, -0.1) is 5.10 Å². The van der Waals surface area contributed by atoms with Crippen LogP contribution in [0.4, 0.5) is 5.69 Å². The highest BCUT2D eigenvalue weighted by atomic mass is 127. The SMILES string of the molecule is O=C(Nc1ccc(-n2cnnn2)cc1)c1ccc(I)cc1. The van der Waals surface area contributed by atoms with Crippen LogP contribution in [0.5, 0.6) is 0 Å². The molecular formula is C14H10IN5O. The highest BCUT2D eigenvalue weighted by molar-refractivity contribution is 14.1. The Labute approximate surface area is 134 Å². The minimum absolute atomic E-state index is 0.137. The summed E-state index contributed by atoms with van der Waals surface area (Å²) in [5.41, 5.74) is 2.17. The molecule has 0 spiro atoms. The van der Waals surface area contributed by atoms with Gasteiger partial charge >= 0.3 is 0 Å². The molecule has 1 heterocycles. The van der Waals surface area contributed by atoms with Crippen LogP contribution in [0.2, 0.25) is 0 Å². The molecule has 3 rings (SSSR count). The summed E-state index contributed by atoms with van der Waals surface area (Å²) < 4.78 is 2.64. The number of carbonyl (C=O) groups is 1. The first-order valence-corrected chi connectivity index (χ1v) is 7.20. The molecule has 1 amide bonds. The van der Waals surface area contributed by atoms with Gasteiger partial charge in [-0.3, -0.25) is 4.79 Å². The highest BCUT2D eigenvalue weighted by Gasteiger charge is 2.06. The van der Waals surface area contributed by atoms with Crippen LogP contribution in [-0.2, 0) is 0 Å². The van der Waals surface area contributed by atoms with Gasteiger partial charge < -0.3 is 5.32 Å². The Kier molecular flexibility index (Phi) is 3.91. The van der Waals surface area contributed by atoms with E-state index in [1.54, 1.807) is 16.8 Å². The average Bonchev–Trinajstić information content (AvgIpc) is 3.03. The maximum atomic E-state index is 12.1. The lowest BCUT2D eigenvalue weighted by molar-refractivity contribution is 0.102. The predicted molar refractivity (Wildman–Crippen MR) is 86.3 cm³/mol. The van der Waals surface area contributed by atoms with Crippen molar-refractivity contribution in [2.45, 2.75) is 0 Å². The van der Waals surface area contributed by atoms with Crippen molar-refractivity contribution < 1.29 is 4.79 Å². The number of tetrazole rings is 1. The van der Waals surface area contributed by atoms with E-state index in [-0.39, 0.29) is 5.91 Å². The maximum Gasteiger partial charge on any atom is 0.255 e. The number of benzene rings is 2. The molecule has 0 bridgehead atoms. The summed E-state index contributed by atoms with van der Waals surface area (Å²) >= 11 is 2.20. The van der Waals surface area contributed by atoms with Gasteiger partial charge in [0.2, 0.25) is 0 Å². The fourth-order valence-corrected chi connectivity index (χ4v) is 2.14. The van der Waals surface area contributed by atoms with E-state index in [1.807, 2.05) is 36.4 Å². The Morgan fingerprint density at radius 1 is 1.05 bits per heavy atom. The largest absolute Gasteiger partial charge is 0.322 e. The van der Waals surface area contributed by atoms with Crippen LogP contribution in [0.3, 0.4) is 0 Å². The minimum atomic E-state index is -0.137. The molecule has 0 aliphatic rings. The van der Waals surface area contributed by atoms with Crippen molar-refractivity contribution in [1.82, 2.24) is 20.2 Å². The summed E-state index contributed by atoms with van der Waals surface area (Å²) in [5.74, 6) is -0.137. The van der Waals surface area contributed by atoms with Crippen LogP contribution in [0, 0.1) is 3.57 Å². The molecule has 7 heteroatoms. The lowest BCUT2D eigenvalue weighted by Crippen LogP contribution is -2.11. The summed E-state index contributed by atoms with van der Waals surface area (Å²) in [4.78, 5) is 12.1. The van der Waals surface area contributed by atoms with Crippen LogP contribution in [0.25, 0.3) is 5.69 Å². The van der Waals surface area contributed by atoms with Crippen molar-refractivity contribution in [3.63, 3.8) is 0 Å². The molecule has 0 radical (unpaired) electrons. The fraction of sp³-hybridized carbons (Fsp3) is 0. The molecule has 21 heavy (non-hydrogen) atoms. The van der Waals surface area contributed by atoms with Gasteiger partial charge in [-0.05, 0) is 81.5 Å². The Morgan fingerprint density at radius 3 is 2.38 bits per heavy atom. The van der Waals surface area contributed by atoms with Crippen molar-refractivity contribution in [3.05, 3.63) is 64.0 Å². The molecular weight excluding hydrogens is 381 g/mol. The molecule has 2 aromatic carbocycles. The van der Waals surface area contributed by atoms with Gasteiger partial charge in [0, 0.05) is 14.8 Å². The lowest BCUT2D eigenvalue weighted by atomic mass is 10.2. The fourth-order valence-electron chi connectivity index (χ4n) is 1.78. The summed E-state index contributed by atoms with van der Waals surface area (Å²) in [6.45, 7) is 0. The Balaban J connectivity index is 1.73. The van der Waals surface area contributed by atoms with Crippen molar-refractivity contribution in [1.29, 1.82) is 0 Å². The average molecular weight is 391 g/mol. The first kappa shape index (κ1) is 13.7. The van der Waals surface area contributed by atoms with E-state index in [0.29, 0.717) is 5.56 Å². The van der Waals surface area contributed by atoms with Crippen LogP contribution in [0.1, 0.15) is 10.4 Å². The molecule has 6 nitrogen and oxygen atoms in total. The van der Waals surface area contributed by atoms with Gasteiger partial charge in [0.05, 0.1) is 5.69 Å². The Bertz CT molecular complexity index is 738. The third kappa shape index (κ3) is 3.24. The van der Waals surface area contributed by atoms with E-state index in [2.05, 4.69) is 43.4 Å². The number of nitrogens with one attached hydrogen (secondary N) is 1. The van der Waals surface area contributed by atoms with E-state index in [4.69, 9.17) is 0 Å². The van der Waals surface area contributed by atoms with Crippen LogP contribution in [0.15, 0.2) is 54.9 Å². The standard InChI is InChI=1S/C14H10IN5O/c15-11-3-1-10(2-4-11)14(21)17-12-5-7-13(8-6-12)20-9-16-18-19-20/h1-9H,(H,17,21). The van der Waals surface area contributed by atoms with Gasteiger partial charge in [0.15, 0.2) is 0 Å². The zero-order chi connectivity index (χ0) is 14.7. The molecule has 0 unspecified atom stereocenters. The molecule has 0 saturated heterocycles. The third-order valence-electron chi connectivity index (χ3n) is 2.85. The number of amides is 1. The van der Waals surface area contributed by atoms with Gasteiger partial charge in [0.25, 0.3) is 5.91 Å². The third-order valence-corrected chi connectivity index (χ3v) is 3.56. The summed E-state index contributed by atoms with van der Waals surface area (Å²) in [7, 11) is 0. The minimum Gasteiger partial charge on any atom is -0.322 e. The molecule has 0 aliphatic carbocycles. The summed E-state index contributed by atoms with van der Waals surface area (Å²) in [6.07, 6.45) is 1.51. The molecule has 1 aromatic heterocycles. The normalized spacial score (nSPS) is 10.3. The van der Waals surface area contributed by atoms with Gasteiger partial charge in [-0.25, -0.2) is 4.68 Å². The number of rotatable bonds is 3. The van der Waals surface area contributed by atoms with Crippen molar-refractivity contribution in [2.24, 2.45) is 0 Å². The number of halogens is 1. The topological polar surface area (TPSA) is 72.7 Å². The van der Waals surface area contributed by atoms with Crippen molar-refractivity contribution >= 4 is 34.2 Å². The summed E-state index contributed by atoms with van der Waals surface area (Å²) in [5, 5.41) is 13.8. The molecule has 1 N–H and O–H groups in total. The first-order chi connectivity index (χ1) is 10.2. The lowest BCUT2D eigenvalue weighted by Gasteiger charge is -2.06. The van der Waals surface area contributed by atoms with E-state index in [0.717, 1.165) is 14.9 Å². The highest BCUT2D eigenvalue weighted by Crippen LogP contribution is 2.14. The summed E-state index contributed by atoms with van der Waals surface area (Å²) in [6, 6.07) is 14.7. The molecule has 3 aromatic rings. The number of anilines is 1. The van der Waals surface area contributed by atoms with E-state index < -0.39 is 0 Å². The molecule has 0 fully saturated rings. The number of carbonyl (C=O) groups excluding carboxylic acids is 1. The second-order valence-electron chi connectivity index (χ2n) is 4.26. The molecule has 0 saturated carbocycles. The van der Waals surface area contributed by atoms with E-state index in [1.165, 1.54) is 6.33 Å². The second-order valence-corrected chi connectivity index (χ2v) is 5.51. The maximum absolute atomic E-state index is 12.1. The van der Waals surface area contributed by atoms with Crippen LogP contribution < -0.4 is 5.32 Å². The van der Waals surface area contributed by atoms with Gasteiger partial charge in [-0.2, -0.15) is 0 Å². The van der Waals surface area contributed by atoms with Gasteiger partial charge in [0.1, 0.15) is 6.33 Å². The smallest absolute Gasteiger partial charge is 0.255 e. The predicted octanol–water partition coefficient (Wildman–Crippen LogP) is 2.52. The van der Waals surface area contributed by atoms with Crippen LogP contribution >= 0.6 is 22.6 Å². The number of hydrogen-bond acceptors (Lipinski definition) is 4. The first-order valence-electron chi connectivity index (χ1n) is 6.13. The Hall–Kier alpha value is -2.29. The second kappa shape index (κ2) is 6.00. The van der Waals surface area contributed by atoms with Crippen molar-refractivity contribution in [3.8, 4) is 5.69 Å². The zero-order valence-corrected chi connectivity index (χ0v) is 12.9. The Morgan fingerprint density at radius 2 is 1.76 bits per heavy atom. The van der Waals surface area contributed by atoms with Crippen molar-refractivity contribution in [2.75, 3.05) is 5.32 Å². The number of aromatic nitrogens is 4. The van der Waals surface area contributed by atoms with E-state index in [9.17, 15) is 4.79 Å². The number of nitrogens with zero attached hydrogens (tertiary/aromatic N) is 4. The molecule has 0 atom stereocenters. The quantitative estimate of drug-likeness (QED) is 0.697. The van der Waals surface area contributed by atoms with Crippen LogP contribution in [-0.4, -0.2) is 26.1 Å². The number of hydrogen-bond donors (Lipinski definition) is 1. The van der Waals surface area contributed by atoms with E-state index >= 15 is 0 Å². The molecule has 0 aliphatic heterocycles. The zero-order valence-electron chi connectivity index (χ0n) is 10.8.